The molecule has 2 heterocycles. The van der Waals surface area contributed by atoms with E-state index in [9.17, 15) is 12.8 Å². The van der Waals surface area contributed by atoms with E-state index in [2.05, 4.69) is 5.32 Å². The first-order chi connectivity index (χ1) is 12.2. The lowest BCUT2D eigenvalue weighted by atomic mass is 9.94. The van der Waals surface area contributed by atoms with Crippen LogP contribution in [0.25, 0.3) is 0 Å². The van der Waals surface area contributed by atoms with Crippen molar-refractivity contribution < 1.29 is 17.2 Å². The third kappa shape index (κ3) is 3.96. The Morgan fingerprint density at radius 3 is 2.58 bits per heavy atom. The number of benzene rings is 1. The number of rotatable bonds is 6. The zero-order chi connectivity index (χ0) is 18.9. The Kier molecular flexibility index (Phi) is 5.44. The molecule has 0 atom stereocenters. The predicted molar refractivity (Wildman–Crippen MR) is 98.0 cm³/mol. The molecule has 1 aliphatic heterocycles. The van der Waals surface area contributed by atoms with Crippen LogP contribution in [0, 0.1) is 5.82 Å². The fourth-order valence-electron chi connectivity index (χ4n) is 3.05. The molecule has 5 nitrogen and oxygen atoms in total. The molecule has 26 heavy (non-hydrogen) atoms. The molecule has 8 heteroatoms. The average molecular weight is 401 g/mol. The maximum atomic E-state index is 13.2. The first kappa shape index (κ1) is 19.4. The van der Waals surface area contributed by atoms with Crippen molar-refractivity contribution in [2.75, 3.05) is 13.1 Å². The van der Waals surface area contributed by atoms with Gasteiger partial charge in [0.15, 0.2) is 0 Å². The molecule has 0 radical (unpaired) electrons. The quantitative estimate of drug-likeness (QED) is 0.799. The molecular weight excluding hydrogens is 379 g/mol. The topological polar surface area (TPSA) is 62.6 Å². The zero-order valence-electron chi connectivity index (χ0n) is 14.8. The maximum Gasteiger partial charge on any atom is 0.276 e. The molecule has 1 N–H and O–H groups in total. The number of halogens is 2. The van der Waals surface area contributed by atoms with Gasteiger partial charge in [-0.2, -0.15) is 4.31 Å². The molecular formula is C18H22ClFN2O3S. The fraction of sp³-hybridized carbons (Fsp3) is 0.444. The van der Waals surface area contributed by atoms with E-state index in [1.54, 1.807) is 12.1 Å². The van der Waals surface area contributed by atoms with Crippen LogP contribution in [0.4, 0.5) is 4.39 Å². The second kappa shape index (κ2) is 7.31. The third-order valence-corrected chi connectivity index (χ3v) is 6.69. The summed E-state index contributed by atoms with van der Waals surface area (Å²) in [7, 11) is -3.56. The molecule has 3 rings (SSSR count). The summed E-state index contributed by atoms with van der Waals surface area (Å²) in [4.78, 5) is 0. The van der Waals surface area contributed by atoms with Crippen molar-refractivity contribution in [3.05, 3.63) is 52.5 Å². The highest BCUT2D eigenvalue weighted by Crippen LogP contribution is 2.29. The fourth-order valence-corrected chi connectivity index (χ4v) is 4.90. The van der Waals surface area contributed by atoms with Crippen molar-refractivity contribution in [2.45, 2.75) is 43.9 Å². The van der Waals surface area contributed by atoms with Gasteiger partial charge in [0.25, 0.3) is 10.0 Å². The molecule has 1 aliphatic rings. The summed E-state index contributed by atoms with van der Waals surface area (Å²) >= 11 is 6.14. The summed E-state index contributed by atoms with van der Waals surface area (Å²) in [5, 5.41) is 3.58. The molecule has 1 saturated heterocycles. The largest absolute Gasteiger partial charge is 0.447 e. The van der Waals surface area contributed by atoms with Crippen LogP contribution in [0.2, 0.25) is 5.02 Å². The van der Waals surface area contributed by atoms with Gasteiger partial charge in [0.05, 0.1) is 6.54 Å². The van der Waals surface area contributed by atoms with Crippen LogP contribution >= 0.6 is 11.6 Å². The van der Waals surface area contributed by atoms with Crippen LogP contribution in [0.5, 0.6) is 0 Å². The Bertz CT molecular complexity index is 890. The van der Waals surface area contributed by atoms with Gasteiger partial charge in [-0.3, -0.25) is 0 Å². The van der Waals surface area contributed by atoms with Crippen molar-refractivity contribution in [3.63, 3.8) is 0 Å². The average Bonchev–Trinajstić information content (AvgIpc) is 3.25. The first-order valence-electron chi connectivity index (χ1n) is 8.49. The second-order valence-corrected chi connectivity index (χ2v) is 9.21. The molecule has 2 aromatic rings. The van der Waals surface area contributed by atoms with Gasteiger partial charge in [0.1, 0.15) is 11.6 Å². The highest BCUT2D eigenvalue weighted by molar-refractivity contribution is 7.89. The number of sulfonamides is 1. The van der Waals surface area contributed by atoms with Crippen molar-refractivity contribution in [1.29, 1.82) is 0 Å². The van der Waals surface area contributed by atoms with E-state index in [1.165, 1.54) is 22.5 Å². The summed E-state index contributed by atoms with van der Waals surface area (Å²) in [6.07, 6.45) is 1.75. The molecule has 0 amide bonds. The SMILES string of the molecule is CC(C)(NCc1ccc(S(=O)(=O)N2CCCC2)o1)c1ccc(F)cc1Cl. The van der Waals surface area contributed by atoms with Crippen LogP contribution in [0.3, 0.4) is 0 Å². The Hall–Kier alpha value is -1.41. The molecule has 0 aliphatic carbocycles. The van der Waals surface area contributed by atoms with Crippen molar-refractivity contribution >= 4 is 21.6 Å². The van der Waals surface area contributed by atoms with Gasteiger partial charge in [-0.1, -0.05) is 17.7 Å². The van der Waals surface area contributed by atoms with Gasteiger partial charge in [-0.25, -0.2) is 12.8 Å². The van der Waals surface area contributed by atoms with E-state index < -0.39 is 21.4 Å². The lowest BCUT2D eigenvalue weighted by Crippen LogP contribution is -2.36. The van der Waals surface area contributed by atoms with Crippen molar-refractivity contribution in [1.82, 2.24) is 9.62 Å². The van der Waals surface area contributed by atoms with E-state index in [-0.39, 0.29) is 5.09 Å². The zero-order valence-corrected chi connectivity index (χ0v) is 16.3. The smallest absolute Gasteiger partial charge is 0.276 e. The lowest BCUT2D eigenvalue weighted by molar-refractivity contribution is 0.342. The summed E-state index contributed by atoms with van der Waals surface area (Å²) in [6, 6.07) is 7.41. The number of hydrogen-bond acceptors (Lipinski definition) is 4. The van der Waals surface area contributed by atoms with Crippen LogP contribution in [-0.4, -0.2) is 25.8 Å². The highest BCUT2D eigenvalue weighted by Gasteiger charge is 2.30. The molecule has 0 bridgehead atoms. The standard InChI is InChI=1S/C18H22ClFN2O3S/c1-18(2,15-7-5-13(20)11-16(15)19)21-12-14-6-8-17(25-14)26(23,24)22-9-3-4-10-22/h5-8,11,21H,3-4,9-10,12H2,1-2H3. The van der Waals surface area contributed by atoms with Crippen LogP contribution in [0.15, 0.2) is 39.8 Å². The molecule has 0 spiro atoms. The van der Waals surface area contributed by atoms with Gasteiger partial charge in [-0.05, 0) is 56.5 Å². The summed E-state index contributed by atoms with van der Waals surface area (Å²) < 4.78 is 45.3. The first-order valence-corrected chi connectivity index (χ1v) is 10.3. The van der Waals surface area contributed by atoms with Gasteiger partial charge in [-0.15, -0.1) is 0 Å². The van der Waals surface area contributed by atoms with Crippen LogP contribution < -0.4 is 5.32 Å². The highest BCUT2D eigenvalue weighted by atomic mass is 35.5. The summed E-state index contributed by atoms with van der Waals surface area (Å²) in [5.41, 5.74) is 0.197. The molecule has 142 valence electrons. The molecule has 1 fully saturated rings. The second-order valence-electron chi connectivity index (χ2n) is 6.93. The monoisotopic (exact) mass is 400 g/mol. The van der Waals surface area contributed by atoms with Crippen LogP contribution in [-0.2, 0) is 22.1 Å². The Labute approximate surface area is 158 Å². The number of furan rings is 1. The minimum atomic E-state index is -3.56. The van der Waals surface area contributed by atoms with Crippen molar-refractivity contribution in [3.8, 4) is 0 Å². The van der Waals surface area contributed by atoms with Crippen LogP contribution in [0.1, 0.15) is 38.0 Å². The normalized spacial score (nSPS) is 16.3. The van der Waals surface area contributed by atoms with Gasteiger partial charge < -0.3 is 9.73 Å². The van der Waals surface area contributed by atoms with E-state index >= 15 is 0 Å². The summed E-state index contributed by atoms with van der Waals surface area (Å²) in [5.74, 6) is 0.117. The van der Waals surface area contributed by atoms with Gasteiger partial charge in [0, 0.05) is 23.7 Å². The molecule has 0 unspecified atom stereocenters. The molecule has 1 aromatic heterocycles. The van der Waals surface area contributed by atoms with E-state index in [0.29, 0.717) is 30.4 Å². The lowest BCUT2D eigenvalue weighted by Gasteiger charge is -2.27. The number of nitrogens with one attached hydrogen (secondary N) is 1. The predicted octanol–water partition coefficient (Wildman–Crippen LogP) is 3.88. The Morgan fingerprint density at radius 1 is 1.23 bits per heavy atom. The molecule has 0 saturated carbocycles. The van der Waals surface area contributed by atoms with E-state index in [4.69, 9.17) is 16.0 Å². The van der Waals surface area contributed by atoms with Gasteiger partial charge >= 0.3 is 0 Å². The Morgan fingerprint density at radius 2 is 1.92 bits per heavy atom. The maximum absolute atomic E-state index is 13.2. The minimum absolute atomic E-state index is 0.0335. The van der Waals surface area contributed by atoms with Crippen molar-refractivity contribution in [2.24, 2.45) is 0 Å². The third-order valence-electron chi connectivity index (χ3n) is 4.61. The van der Waals surface area contributed by atoms with E-state index in [1.807, 2.05) is 13.8 Å². The number of hydrogen-bond donors (Lipinski definition) is 1. The minimum Gasteiger partial charge on any atom is -0.447 e. The number of nitrogens with zero attached hydrogens (tertiary/aromatic N) is 1. The molecule has 1 aromatic carbocycles. The summed E-state index contributed by atoms with van der Waals surface area (Å²) in [6.45, 7) is 5.21. The van der Waals surface area contributed by atoms with Gasteiger partial charge in [0.2, 0.25) is 5.09 Å². The van der Waals surface area contributed by atoms with E-state index in [0.717, 1.165) is 18.4 Å². The Balaban J connectivity index is 1.71.